The summed E-state index contributed by atoms with van der Waals surface area (Å²) >= 11 is 0. The SMILES string of the molecule is CCCCC[Si]1CCC(CCCCC2CCC(c3ccc(F)c(F)c3)CC2)CC1. The molecule has 1 saturated carbocycles. The molecule has 0 aromatic heterocycles. The van der Waals surface area contributed by atoms with Crippen LogP contribution in [0.1, 0.15) is 102 Å². The highest BCUT2D eigenvalue weighted by atomic mass is 28.3. The first kappa shape index (κ1) is 23.0. The number of benzene rings is 1. The molecule has 0 unspecified atom stereocenters. The van der Waals surface area contributed by atoms with E-state index in [1.807, 2.05) is 0 Å². The number of halogens is 2. The van der Waals surface area contributed by atoms with E-state index < -0.39 is 11.6 Å². The second-order valence-electron chi connectivity index (χ2n) is 9.83. The first-order valence-electron chi connectivity index (χ1n) is 12.4. The predicted octanol–water partition coefficient (Wildman–Crippen LogP) is 8.89. The van der Waals surface area contributed by atoms with Crippen molar-refractivity contribution in [2.24, 2.45) is 11.8 Å². The molecule has 0 bridgehead atoms. The Kier molecular flexibility index (Phi) is 9.68. The first-order chi connectivity index (χ1) is 14.2. The fraction of sp³-hybridized carbons (Fsp3) is 0.769. The van der Waals surface area contributed by atoms with Gasteiger partial charge in [0, 0.05) is 8.80 Å². The van der Waals surface area contributed by atoms with E-state index in [2.05, 4.69) is 6.92 Å². The third kappa shape index (κ3) is 7.49. The van der Waals surface area contributed by atoms with Crippen LogP contribution in [0.2, 0.25) is 18.1 Å². The normalized spacial score (nSPS) is 24.1. The van der Waals surface area contributed by atoms with Crippen LogP contribution in [-0.4, -0.2) is 8.80 Å². The molecule has 0 spiro atoms. The Morgan fingerprint density at radius 2 is 1.45 bits per heavy atom. The summed E-state index contributed by atoms with van der Waals surface area (Å²) in [6, 6.07) is 9.25. The average Bonchev–Trinajstić information content (AvgIpc) is 2.75. The van der Waals surface area contributed by atoms with Gasteiger partial charge in [0.2, 0.25) is 0 Å². The van der Waals surface area contributed by atoms with Crippen LogP contribution in [-0.2, 0) is 0 Å². The molecule has 163 valence electrons. The van der Waals surface area contributed by atoms with Gasteiger partial charge in [-0.25, -0.2) is 8.78 Å². The van der Waals surface area contributed by atoms with Gasteiger partial charge in [-0.05, 0) is 61.1 Å². The summed E-state index contributed by atoms with van der Waals surface area (Å²) in [6.45, 7) is 2.31. The summed E-state index contributed by atoms with van der Waals surface area (Å²) in [5.74, 6) is 0.892. The summed E-state index contributed by atoms with van der Waals surface area (Å²) in [5, 5.41) is 0. The van der Waals surface area contributed by atoms with E-state index in [0.717, 1.165) is 30.2 Å². The number of hydrogen-bond acceptors (Lipinski definition) is 0. The van der Waals surface area contributed by atoms with Crippen molar-refractivity contribution in [3.63, 3.8) is 0 Å². The van der Waals surface area contributed by atoms with Crippen molar-refractivity contribution in [2.45, 2.75) is 114 Å². The van der Waals surface area contributed by atoms with Crippen LogP contribution in [0.5, 0.6) is 0 Å². The van der Waals surface area contributed by atoms with Crippen molar-refractivity contribution < 1.29 is 8.78 Å². The molecule has 3 rings (SSSR count). The topological polar surface area (TPSA) is 0 Å². The van der Waals surface area contributed by atoms with Gasteiger partial charge < -0.3 is 0 Å². The minimum Gasteiger partial charge on any atom is -0.204 e. The lowest BCUT2D eigenvalue weighted by Gasteiger charge is -2.29. The van der Waals surface area contributed by atoms with E-state index in [9.17, 15) is 8.78 Å². The fourth-order valence-corrected chi connectivity index (χ4v) is 8.80. The van der Waals surface area contributed by atoms with Crippen molar-refractivity contribution >= 4 is 8.80 Å². The third-order valence-electron chi connectivity index (χ3n) is 7.68. The van der Waals surface area contributed by atoms with E-state index in [1.165, 1.54) is 82.8 Å². The zero-order valence-electron chi connectivity index (χ0n) is 18.5. The fourth-order valence-electron chi connectivity index (χ4n) is 5.67. The molecular weight excluding hydrogens is 378 g/mol. The van der Waals surface area contributed by atoms with E-state index in [4.69, 9.17) is 0 Å². The lowest BCUT2D eigenvalue weighted by Crippen LogP contribution is -2.21. The van der Waals surface area contributed by atoms with Gasteiger partial charge in [0.15, 0.2) is 11.6 Å². The van der Waals surface area contributed by atoms with Crippen molar-refractivity contribution in [1.29, 1.82) is 0 Å². The molecule has 1 aliphatic heterocycles. The van der Waals surface area contributed by atoms with Gasteiger partial charge in [0.25, 0.3) is 0 Å². The molecular formula is C26H41F2Si. The molecule has 1 heterocycles. The Balaban J connectivity index is 1.25. The van der Waals surface area contributed by atoms with E-state index in [1.54, 1.807) is 24.2 Å². The molecule has 1 aromatic rings. The van der Waals surface area contributed by atoms with Crippen LogP contribution in [0.4, 0.5) is 8.78 Å². The second kappa shape index (κ2) is 12.2. The number of rotatable bonds is 10. The molecule has 0 nitrogen and oxygen atoms in total. The van der Waals surface area contributed by atoms with Gasteiger partial charge >= 0.3 is 0 Å². The zero-order chi connectivity index (χ0) is 20.5. The molecule has 2 fully saturated rings. The van der Waals surface area contributed by atoms with Crippen LogP contribution in [0.3, 0.4) is 0 Å². The largest absolute Gasteiger partial charge is 0.204 e. The molecule has 1 aromatic carbocycles. The summed E-state index contributed by atoms with van der Waals surface area (Å²) in [5.41, 5.74) is 0.996. The van der Waals surface area contributed by atoms with Crippen LogP contribution >= 0.6 is 0 Å². The van der Waals surface area contributed by atoms with Gasteiger partial charge in [-0.2, -0.15) is 0 Å². The zero-order valence-corrected chi connectivity index (χ0v) is 19.5. The van der Waals surface area contributed by atoms with Crippen LogP contribution in [0.25, 0.3) is 0 Å². The van der Waals surface area contributed by atoms with Gasteiger partial charge in [-0.3, -0.25) is 0 Å². The third-order valence-corrected chi connectivity index (χ3v) is 10.7. The minimum absolute atomic E-state index is 0.0230. The van der Waals surface area contributed by atoms with E-state index >= 15 is 0 Å². The Labute approximate surface area is 179 Å². The molecule has 1 saturated heterocycles. The van der Waals surface area contributed by atoms with Crippen molar-refractivity contribution in [1.82, 2.24) is 0 Å². The summed E-state index contributed by atoms with van der Waals surface area (Å²) in [4.78, 5) is 0. The lowest BCUT2D eigenvalue weighted by atomic mass is 9.77. The number of hydrogen-bond donors (Lipinski definition) is 0. The molecule has 29 heavy (non-hydrogen) atoms. The highest BCUT2D eigenvalue weighted by molar-refractivity contribution is 6.58. The Morgan fingerprint density at radius 1 is 0.793 bits per heavy atom. The first-order valence-corrected chi connectivity index (χ1v) is 14.6. The average molecular weight is 420 g/mol. The molecule has 3 heteroatoms. The Hall–Kier alpha value is -0.703. The van der Waals surface area contributed by atoms with Crippen LogP contribution in [0, 0.1) is 23.5 Å². The van der Waals surface area contributed by atoms with E-state index in [0.29, 0.717) is 5.92 Å². The van der Waals surface area contributed by atoms with Gasteiger partial charge in [0.05, 0.1) is 0 Å². The molecule has 2 aliphatic rings. The molecule has 1 aliphatic carbocycles. The second-order valence-corrected chi connectivity index (χ2v) is 12.8. The van der Waals surface area contributed by atoms with Crippen LogP contribution < -0.4 is 0 Å². The monoisotopic (exact) mass is 419 g/mol. The predicted molar refractivity (Wildman–Crippen MR) is 122 cm³/mol. The summed E-state index contributed by atoms with van der Waals surface area (Å²) in [6.07, 6.45) is 17.8. The standard InChI is InChI=1S/C26H41F2Si/c1-2-3-6-17-29-18-15-22(16-19-29)8-5-4-7-21-9-11-23(12-10-21)24-13-14-25(27)26(28)20-24/h13-14,20-23H,2-12,15-19H2,1H3. The molecule has 0 atom stereocenters. The Morgan fingerprint density at radius 3 is 2.07 bits per heavy atom. The molecule has 0 amide bonds. The Bertz CT molecular complexity index is 586. The van der Waals surface area contributed by atoms with E-state index in [-0.39, 0.29) is 8.80 Å². The summed E-state index contributed by atoms with van der Waals surface area (Å²) < 4.78 is 26.6. The number of unbranched alkanes of at least 4 members (excludes halogenated alkanes) is 3. The van der Waals surface area contributed by atoms with Gasteiger partial charge in [0.1, 0.15) is 0 Å². The highest BCUT2D eigenvalue weighted by Gasteiger charge is 2.24. The maximum absolute atomic E-state index is 13.5. The maximum Gasteiger partial charge on any atom is 0.159 e. The summed E-state index contributed by atoms with van der Waals surface area (Å²) in [7, 11) is 0.0230. The highest BCUT2D eigenvalue weighted by Crippen LogP contribution is 2.38. The lowest BCUT2D eigenvalue weighted by molar-refractivity contribution is 0.296. The van der Waals surface area contributed by atoms with Crippen molar-refractivity contribution in [2.75, 3.05) is 0 Å². The smallest absolute Gasteiger partial charge is 0.159 e. The maximum atomic E-state index is 13.5. The van der Waals surface area contributed by atoms with Crippen molar-refractivity contribution in [3.05, 3.63) is 35.4 Å². The molecule has 0 N–H and O–H groups in total. The van der Waals surface area contributed by atoms with Gasteiger partial charge in [-0.1, -0.05) is 88.9 Å². The quantitative estimate of drug-likeness (QED) is 0.262. The minimum atomic E-state index is -0.728. The molecule has 1 radical (unpaired) electrons. The van der Waals surface area contributed by atoms with Crippen LogP contribution in [0.15, 0.2) is 18.2 Å². The van der Waals surface area contributed by atoms with Crippen molar-refractivity contribution in [3.8, 4) is 0 Å². The van der Waals surface area contributed by atoms with Gasteiger partial charge in [-0.15, -0.1) is 0 Å².